The van der Waals surface area contributed by atoms with E-state index in [0.29, 0.717) is 24.4 Å². The van der Waals surface area contributed by atoms with Crippen LogP contribution in [0.25, 0.3) is 0 Å². The number of benzene rings is 2. The molecule has 0 aromatic heterocycles. The Hall–Kier alpha value is -2.47. The number of ether oxygens (including phenoxy) is 1. The van der Waals surface area contributed by atoms with Crippen molar-refractivity contribution in [1.29, 1.82) is 0 Å². The Morgan fingerprint density at radius 2 is 2.04 bits per heavy atom. The van der Waals surface area contributed by atoms with Crippen molar-refractivity contribution < 1.29 is 14.3 Å². The molecule has 1 N–H and O–H groups in total. The predicted octanol–water partition coefficient (Wildman–Crippen LogP) is 3.76. The number of thioether (sulfide) groups is 1. The monoisotopic (exact) mass is 342 g/mol. The van der Waals surface area contributed by atoms with Crippen molar-refractivity contribution in [3.63, 3.8) is 0 Å². The summed E-state index contributed by atoms with van der Waals surface area (Å²) < 4.78 is 4.93. The van der Waals surface area contributed by atoms with Crippen LogP contribution in [-0.2, 0) is 10.5 Å². The van der Waals surface area contributed by atoms with E-state index in [0.717, 1.165) is 11.4 Å². The van der Waals surface area contributed by atoms with Crippen LogP contribution in [0, 0.1) is 0 Å². The smallest absolute Gasteiger partial charge is 0.414 e. The van der Waals surface area contributed by atoms with Crippen molar-refractivity contribution in [1.82, 2.24) is 0 Å². The van der Waals surface area contributed by atoms with Crippen LogP contribution in [-0.4, -0.2) is 31.4 Å². The normalized spacial score (nSPS) is 13.7. The summed E-state index contributed by atoms with van der Waals surface area (Å²) in [6.45, 7) is 0.873. The van der Waals surface area contributed by atoms with E-state index < -0.39 is 0 Å². The van der Waals surface area contributed by atoms with Gasteiger partial charge in [0.05, 0.1) is 6.54 Å². The zero-order chi connectivity index (χ0) is 16.9. The Balaban J connectivity index is 1.71. The third-order valence-corrected chi connectivity index (χ3v) is 4.33. The Kier molecular flexibility index (Phi) is 5.05. The standard InChI is InChI=1S/C18H18N2O3S/c1-24-12-13-5-7-15(8-6-13)19-17(21)14-3-2-4-16(11-14)20-9-10-23-18(20)22/h2-8,11H,9-10,12H2,1H3,(H,19,21). The summed E-state index contributed by atoms with van der Waals surface area (Å²) in [6, 6.07) is 14.8. The SMILES string of the molecule is CSCc1ccc(NC(=O)c2cccc(N3CCOC3=O)c2)cc1. The molecule has 0 spiro atoms. The number of amides is 2. The maximum Gasteiger partial charge on any atom is 0.414 e. The zero-order valence-electron chi connectivity index (χ0n) is 13.3. The highest BCUT2D eigenvalue weighted by atomic mass is 32.2. The van der Waals surface area contributed by atoms with Gasteiger partial charge < -0.3 is 10.1 Å². The van der Waals surface area contributed by atoms with Crippen molar-refractivity contribution in [2.75, 3.05) is 29.6 Å². The van der Waals surface area contributed by atoms with E-state index in [-0.39, 0.29) is 12.0 Å². The van der Waals surface area contributed by atoms with Gasteiger partial charge in [0.25, 0.3) is 5.91 Å². The Labute approximate surface area is 145 Å². The first-order valence-corrected chi connectivity index (χ1v) is 9.00. The van der Waals surface area contributed by atoms with Gasteiger partial charge >= 0.3 is 6.09 Å². The minimum Gasteiger partial charge on any atom is -0.447 e. The van der Waals surface area contributed by atoms with Crippen LogP contribution in [0.2, 0.25) is 0 Å². The number of nitrogens with one attached hydrogen (secondary N) is 1. The van der Waals surface area contributed by atoms with Crippen LogP contribution in [0.5, 0.6) is 0 Å². The summed E-state index contributed by atoms with van der Waals surface area (Å²) in [7, 11) is 0. The van der Waals surface area contributed by atoms with Gasteiger partial charge in [0.2, 0.25) is 0 Å². The van der Waals surface area contributed by atoms with Crippen LogP contribution >= 0.6 is 11.8 Å². The first-order valence-electron chi connectivity index (χ1n) is 7.61. The van der Waals surface area contributed by atoms with Gasteiger partial charge in [0.15, 0.2) is 0 Å². The van der Waals surface area contributed by atoms with Crippen molar-refractivity contribution in [2.24, 2.45) is 0 Å². The van der Waals surface area contributed by atoms with Crippen LogP contribution in [0.1, 0.15) is 15.9 Å². The van der Waals surface area contributed by atoms with Gasteiger partial charge in [-0.25, -0.2) is 4.79 Å². The fourth-order valence-electron chi connectivity index (χ4n) is 2.50. The van der Waals surface area contributed by atoms with Gasteiger partial charge in [-0.1, -0.05) is 18.2 Å². The molecular formula is C18H18N2O3S. The minimum absolute atomic E-state index is 0.206. The van der Waals surface area contributed by atoms with Gasteiger partial charge in [-0.3, -0.25) is 9.69 Å². The van der Waals surface area contributed by atoms with Crippen molar-refractivity contribution >= 4 is 35.1 Å². The van der Waals surface area contributed by atoms with Gasteiger partial charge in [0.1, 0.15) is 6.61 Å². The highest BCUT2D eigenvalue weighted by Gasteiger charge is 2.24. The Bertz CT molecular complexity index is 746. The molecule has 0 aliphatic carbocycles. The molecule has 5 nitrogen and oxygen atoms in total. The fraction of sp³-hybridized carbons (Fsp3) is 0.222. The number of carbonyl (C=O) groups is 2. The van der Waals surface area contributed by atoms with Gasteiger partial charge in [-0.15, -0.1) is 0 Å². The molecule has 24 heavy (non-hydrogen) atoms. The molecule has 1 fully saturated rings. The number of anilines is 2. The second-order valence-corrected chi connectivity index (χ2v) is 6.27. The van der Waals surface area contributed by atoms with Crippen molar-refractivity contribution in [3.8, 4) is 0 Å². The molecule has 0 bridgehead atoms. The molecule has 0 saturated carbocycles. The molecule has 1 aliphatic rings. The maximum atomic E-state index is 12.4. The summed E-state index contributed by atoms with van der Waals surface area (Å²) in [5, 5.41) is 2.88. The molecule has 3 rings (SSSR count). The third kappa shape index (κ3) is 3.71. The van der Waals surface area contributed by atoms with E-state index in [4.69, 9.17) is 4.74 Å². The van der Waals surface area contributed by atoms with Crippen LogP contribution in [0.4, 0.5) is 16.2 Å². The third-order valence-electron chi connectivity index (χ3n) is 3.70. The highest BCUT2D eigenvalue weighted by Crippen LogP contribution is 2.21. The lowest BCUT2D eigenvalue weighted by Crippen LogP contribution is -2.23. The molecule has 124 valence electrons. The van der Waals surface area contributed by atoms with E-state index in [9.17, 15) is 9.59 Å². The first-order chi connectivity index (χ1) is 11.7. The lowest BCUT2D eigenvalue weighted by molar-refractivity contribution is 0.102. The summed E-state index contributed by atoms with van der Waals surface area (Å²) in [5.41, 5.74) is 3.13. The number of nitrogens with zero attached hydrogens (tertiary/aromatic N) is 1. The Morgan fingerprint density at radius 3 is 2.71 bits per heavy atom. The summed E-state index contributed by atoms with van der Waals surface area (Å²) in [5.74, 6) is 0.740. The summed E-state index contributed by atoms with van der Waals surface area (Å²) in [4.78, 5) is 25.6. The lowest BCUT2D eigenvalue weighted by atomic mass is 10.1. The quantitative estimate of drug-likeness (QED) is 0.899. The molecule has 0 atom stereocenters. The molecule has 2 aromatic carbocycles. The zero-order valence-corrected chi connectivity index (χ0v) is 14.1. The summed E-state index contributed by atoms with van der Waals surface area (Å²) >= 11 is 1.76. The lowest BCUT2D eigenvalue weighted by Gasteiger charge is -2.14. The van der Waals surface area contributed by atoms with E-state index >= 15 is 0 Å². The average molecular weight is 342 g/mol. The van der Waals surface area contributed by atoms with Crippen LogP contribution in [0.3, 0.4) is 0 Å². The van der Waals surface area contributed by atoms with Gasteiger partial charge in [-0.2, -0.15) is 11.8 Å². The molecular weight excluding hydrogens is 324 g/mol. The number of hydrogen-bond acceptors (Lipinski definition) is 4. The summed E-state index contributed by atoms with van der Waals surface area (Å²) in [6.07, 6.45) is 1.68. The Morgan fingerprint density at radius 1 is 1.25 bits per heavy atom. The fourth-order valence-corrected chi connectivity index (χ4v) is 3.02. The first kappa shape index (κ1) is 16.4. The average Bonchev–Trinajstić information content (AvgIpc) is 3.03. The minimum atomic E-state index is -0.378. The second kappa shape index (κ2) is 7.40. The maximum absolute atomic E-state index is 12.4. The molecule has 1 aliphatic heterocycles. The molecule has 0 radical (unpaired) electrons. The predicted molar refractivity (Wildman–Crippen MR) is 96.8 cm³/mol. The largest absolute Gasteiger partial charge is 0.447 e. The molecule has 0 unspecified atom stereocenters. The van der Waals surface area contributed by atoms with E-state index in [1.54, 1.807) is 36.0 Å². The van der Waals surface area contributed by atoms with E-state index in [1.807, 2.05) is 24.3 Å². The van der Waals surface area contributed by atoms with Crippen LogP contribution in [0.15, 0.2) is 48.5 Å². The van der Waals surface area contributed by atoms with E-state index in [1.165, 1.54) is 10.5 Å². The number of hydrogen-bond donors (Lipinski definition) is 1. The van der Waals surface area contributed by atoms with E-state index in [2.05, 4.69) is 11.6 Å². The van der Waals surface area contributed by atoms with Crippen molar-refractivity contribution in [3.05, 3.63) is 59.7 Å². The highest BCUT2D eigenvalue weighted by molar-refractivity contribution is 7.97. The molecule has 6 heteroatoms. The van der Waals surface area contributed by atoms with Crippen LogP contribution < -0.4 is 10.2 Å². The van der Waals surface area contributed by atoms with Crippen molar-refractivity contribution in [2.45, 2.75) is 5.75 Å². The topological polar surface area (TPSA) is 58.6 Å². The number of carbonyl (C=O) groups excluding carboxylic acids is 2. The number of cyclic esters (lactones) is 1. The molecule has 2 amide bonds. The molecule has 2 aromatic rings. The van der Waals surface area contributed by atoms with Gasteiger partial charge in [-0.05, 0) is 42.2 Å². The molecule has 1 saturated heterocycles. The molecule has 1 heterocycles. The number of rotatable bonds is 5. The second-order valence-electron chi connectivity index (χ2n) is 5.40. The van der Waals surface area contributed by atoms with Gasteiger partial charge in [0, 0.05) is 22.7 Å².